The van der Waals surface area contributed by atoms with Gasteiger partial charge in [0.05, 0.1) is 0 Å². The van der Waals surface area contributed by atoms with Crippen LogP contribution in [-0.2, 0) is 10.0 Å². The van der Waals surface area contributed by atoms with Gasteiger partial charge in [0.2, 0.25) is 10.0 Å². The Kier molecular flexibility index (Phi) is 3.96. The van der Waals surface area contributed by atoms with Crippen molar-refractivity contribution < 1.29 is 8.42 Å². The second kappa shape index (κ2) is 5.64. The second-order valence-corrected chi connectivity index (χ2v) is 7.99. The number of aromatic nitrogens is 2. The van der Waals surface area contributed by atoms with Crippen LogP contribution in [0.1, 0.15) is 20.8 Å². The monoisotopic (exact) mass is 322 g/mol. The fourth-order valence-electron chi connectivity index (χ4n) is 3.00. The second-order valence-electron chi connectivity index (χ2n) is 6.31. The summed E-state index contributed by atoms with van der Waals surface area (Å²) >= 11 is 0. The van der Waals surface area contributed by atoms with Crippen molar-refractivity contribution in [1.82, 2.24) is 19.6 Å². The highest BCUT2D eigenvalue weighted by Crippen LogP contribution is 2.24. The molecule has 0 radical (unpaired) electrons. The normalized spacial score (nSPS) is 23.6. The maximum Gasteiger partial charge on any atom is 0.243 e. The number of sulfonamides is 1. The summed E-state index contributed by atoms with van der Waals surface area (Å²) in [5, 5.41) is 0.626. The minimum atomic E-state index is -3.56. The summed E-state index contributed by atoms with van der Waals surface area (Å²) in [5.74, 6) is 0.292. The summed E-state index contributed by atoms with van der Waals surface area (Å²) in [5.41, 5.74) is 0.589. The van der Waals surface area contributed by atoms with Gasteiger partial charge in [0.25, 0.3) is 0 Å². The zero-order chi connectivity index (χ0) is 15.9. The first-order valence-corrected chi connectivity index (χ1v) is 9.05. The van der Waals surface area contributed by atoms with E-state index in [1.54, 1.807) is 18.3 Å². The molecule has 2 N–H and O–H groups in total. The molecule has 0 unspecified atom stereocenters. The molecule has 22 heavy (non-hydrogen) atoms. The van der Waals surface area contributed by atoms with Crippen molar-refractivity contribution in [2.24, 2.45) is 5.92 Å². The Balaban J connectivity index is 1.85. The van der Waals surface area contributed by atoms with Gasteiger partial charge in [-0.1, -0.05) is 6.92 Å². The molecule has 0 amide bonds. The molecule has 0 aromatic carbocycles. The Morgan fingerprint density at radius 2 is 2.18 bits per heavy atom. The molecular weight excluding hydrogens is 300 g/mol. The number of fused-ring (bicyclic) bond motifs is 1. The highest BCUT2D eigenvalue weighted by atomic mass is 32.2. The third-order valence-corrected chi connectivity index (χ3v) is 5.91. The lowest BCUT2D eigenvalue weighted by Gasteiger charge is -2.20. The van der Waals surface area contributed by atoms with E-state index in [-0.39, 0.29) is 10.9 Å². The maximum atomic E-state index is 12.7. The number of hydrogen-bond donors (Lipinski definition) is 2. The average molecular weight is 322 g/mol. The Hall–Kier alpha value is -1.44. The third-order valence-electron chi connectivity index (χ3n) is 4.38. The van der Waals surface area contributed by atoms with Crippen LogP contribution >= 0.6 is 0 Å². The van der Waals surface area contributed by atoms with Crippen LogP contribution in [0.3, 0.4) is 0 Å². The topological polar surface area (TPSA) is 78.1 Å². The summed E-state index contributed by atoms with van der Waals surface area (Å²) < 4.78 is 28.3. The maximum absolute atomic E-state index is 12.7. The van der Waals surface area contributed by atoms with E-state index in [1.165, 1.54) is 6.20 Å². The first-order valence-electron chi connectivity index (χ1n) is 7.57. The van der Waals surface area contributed by atoms with Crippen LogP contribution in [0.25, 0.3) is 11.0 Å². The zero-order valence-electron chi connectivity index (χ0n) is 13.1. The number of pyridine rings is 1. The van der Waals surface area contributed by atoms with Gasteiger partial charge >= 0.3 is 0 Å². The summed E-state index contributed by atoms with van der Waals surface area (Å²) in [7, 11) is -3.56. The summed E-state index contributed by atoms with van der Waals surface area (Å²) in [4.78, 5) is 9.63. The SMILES string of the molecule is CC(C)N1C[C@@H](C)[C@@H](NS(=O)(=O)c2c[nH]c3ncccc23)C1. The van der Waals surface area contributed by atoms with Gasteiger partial charge in [0.15, 0.2) is 0 Å². The van der Waals surface area contributed by atoms with E-state index in [2.05, 4.69) is 40.4 Å². The zero-order valence-corrected chi connectivity index (χ0v) is 13.9. The number of likely N-dealkylation sites (tertiary alicyclic amines) is 1. The molecule has 2 atom stereocenters. The third kappa shape index (κ3) is 2.76. The molecule has 2 aromatic rings. The molecule has 0 bridgehead atoms. The minimum Gasteiger partial charge on any atom is -0.345 e. The van der Waals surface area contributed by atoms with Gasteiger partial charge in [-0.2, -0.15) is 0 Å². The van der Waals surface area contributed by atoms with Crippen molar-refractivity contribution in [2.75, 3.05) is 13.1 Å². The number of nitrogens with one attached hydrogen (secondary N) is 2. The van der Waals surface area contributed by atoms with Crippen LogP contribution in [0.4, 0.5) is 0 Å². The van der Waals surface area contributed by atoms with Crippen molar-refractivity contribution in [2.45, 2.75) is 37.8 Å². The van der Waals surface area contributed by atoms with E-state index in [1.807, 2.05) is 0 Å². The van der Waals surface area contributed by atoms with E-state index < -0.39 is 10.0 Å². The first kappa shape index (κ1) is 15.5. The van der Waals surface area contributed by atoms with Crippen LogP contribution in [0.2, 0.25) is 0 Å². The van der Waals surface area contributed by atoms with Gasteiger partial charge in [-0.15, -0.1) is 0 Å². The molecule has 0 spiro atoms. The van der Waals surface area contributed by atoms with Crippen LogP contribution in [0, 0.1) is 5.92 Å². The van der Waals surface area contributed by atoms with Gasteiger partial charge in [0, 0.05) is 43.0 Å². The smallest absolute Gasteiger partial charge is 0.243 e. The summed E-state index contributed by atoms with van der Waals surface area (Å²) in [6.07, 6.45) is 3.15. The molecule has 1 aliphatic heterocycles. The number of H-pyrrole nitrogens is 1. The van der Waals surface area contributed by atoms with Gasteiger partial charge < -0.3 is 4.98 Å². The standard InChI is InChI=1S/C15H22N4O2S/c1-10(2)19-8-11(3)13(9-19)18-22(20,21)14-7-17-15-12(14)5-4-6-16-15/h4-7,10-11,13,18H,8-9H2,1-3H3,(H,16,17)/t11-,13+/m1/s1. The van der Waals surface area contributed by atoms with Crippen molar-refractivity contribution in [3.8, 4) is 0 Å². The summed E-state index contributed by atoms with van der Waals surface area (Å²) in [6.45, 7) is 8.02. The van der Waals surface area contributed by atoms with Gasteiger partial charge in [0.1, 0.15) is 10.5 Å². The minimum absolute atomic E-state index is 0.0611. The highest BCUT2D eigenvalue weighted by Gasteiger charge is 2.34. The van der Waals surface area contributed by atoms with Crippen LogP contribution in [-0.4, -0.2) is 48.5 Å². The van der Waals surface area contributed by atoms with E-state index in [0.29, 0.717) is 23.0 Å². The number of aromatic amines is 1. The molecule has 1 fully saturated rings. The lowest BCUT2D eigenvalue weighted by molar-refractivity contribution is 0.265. The molecule has 120 valence electrons. The molecule has 3 rings (SSSR count). The molecule has 1 saturated heterocycles. The van der Waals surface area contributed by atoms with Gasteiger partial charge in [-0.3, -0.25) is 4.90 Å². The lowest BCUT2D eigenvalue weighted by atomic mass is 10.1. The molecule has 0 aliphatic carbocycles. The Morgan fingerprint density at radius 3 is 2.86 bits per heavy atom. The molecule has 0 saturated carbocycles. The van der Waals surface area contributed by atoms with Crippen molar-refractivity contribution in [3.63, 3.8) is 0 Å². The fourth-order valence-corrected chi connectivity index (χ4v) is 4.50. The van der Waals surface area contributed by atoms with E-state index >= 15 is 0 Å². The first-order chi connectivity index (χ1) is 10.4. The van der Waals surface area contributed by atoms with Crippen LogP contribution < -0.4 is 4.72 Å². The van der Waals surface area contributed by atoms with Crippen LogP contribution in [0.15, 0.2) is 29.4 Å². The predicted octanol–water partition coefficient (Wildman–Crippen LogP) is 1.57. The highest BCUT2D eigenvalue weighted by molar-refractivity contribution is 7.89. The van der Waals surface area contributed by atoms with Crippen molar-refractivity contribution >= 4 is 21.1 Å². The largest absolute Gasteiger partial charge is 0.345 e. The molecule has 1 aliphatic rings. The fraction of sp³-hybridized carbons (Fsp3) is 0.533. The van der Waals surface area contributed by atoms with Gasteiger partial charge in [-0.25, -0.2) is 18.1 Å². The Labute approximate surface area is 131 Å². The molecule has 2 aromatic heterocycles. The van der Waals surface area contributed by atoms with Crippen molar-refractivity contribution in [3.05, 3.63) is 24.5 Å². The number of rotatable bonds is 4. The molecule has 3 heterocycles. The lowest BCUT2D eigenvalue weighted by Crippen LogP contribution is -2.40. The Morgan fingerprint density at radius 1 is 1.41 bits per heavy atom. The van der Waals surface area contributed by atoms with E-state index in [9.17, 15) is 8.42 Å². The molecule has 6 nitrogen and oxygen atoms in total. The average Bonchev–Trinajstić information content (AvgIpc) is 3.03. The van der Waals surface area contributed by atoms with Crippen molar-refractivity contribution in [1.29, 1.82) is 0 Å². The number of hydrogen-bond acceptors (Lipinski definition) is 4. The summed E-state index contributed by atoms with van der Waals surface area (Å²) in [6, 6.07) is 3.88. The van der Waals surface area contributed by atoms with E-state index in [4.69, 9.17) is 0 Å². The predicted molar refractivity (Wildman–Crippen MR) is 86.1 cm³/mol. The van der Waals surface area contributed by atoms with Gasteiger partial charge in [-0.05, 0) is 31.9 Å². The van der Waals surface area contributed by atoms with Crippen LogP contribution in [0.5, 0.6) is 0 Å². The van der Waals surface area contributed by atoms with E-state index in [0.717, 1.165) is 13.1 Å². The molecule has 7 heteroatoms. The molecular formula is C15H22N4O2S. The Bertz CT molecular complexity index is 769. The quantitative estimate of drug-likeness (QED) is 0.896. The number of nitrogens with zero attached hydrogens (tertiary/aromatic N) is 2.